The number of hydrogen-bond acceptors (Lipinski definition) is 5. The molecule has 2 aliphatic rings. The molecule has 0 fully saturated rings. The number of carbonyl (C=O) groups excluding carboxylic acids is 2. The van der Waals surface area contributed by atoms with Crippen LogP contribution < -0.4 is 10.6 Å². The molecular formula is C22H23N3O2S. The average Bonchev–Trinajstić information content (AvgIpc) is 3.14. The molecule has 0 aromatic carbocycles. The first-order valence-corrected chi connectivity index (χ1v) is 10.3. The number of allylic oxidation sites excluding steroid dienone is 3. The van der Waals surface area contributed by atoms with E-state index in [0.29, 0.717) is 23.7 Å². The van der Waals surface area contributed by atoms with Crippen LogP contribution in [0, 0.1) is 12.8 Å². The van der Waals surface area contributed by atoms with Gasteiger partial charge in [-0.15, -0.1) is 11.3 Å². The molecule has 1 aliphatic heterocycles. The van der Waals surface area contributed by atoms with Gasteiger partial charge in [0.05, 0.1) is 5.92 Å². The fourth-order valence-corrected chi connectivity index (χ4v) is 4.91. The number of aryl methyl sites for hydroxylation is 1. The third kappa shape index (κ3) is 3.40. The summed E-state index contributed by atoms with van der Waals surface area (Å²) in [5.74, 6) is 0.396. The fourth-order valence-electron chi connectivity index (χ4n) is 4.07. The van der Waals surface area contributed by atoms with Gasteiger partial charge >= 0.3 is 0 Å². The molecule has 2 unspecified atom stereocenters. The van der Waals surface area contributed by atoms with Crippen molar-refractivity contribution in [3.8, 4) is 0 Å². The van der Waals surface area contributed by atoms with E-state index in [1.54, 1.807) is 17.4 Å². The Bertz CT molecular complexity index is 1000. The Balaban J connectivity index is 1.76. The maximum Gasteiger partial charge on any atom is 0.255 e. The second-order valence-electron chi connectivity index (χ2n) is 7.56. The molecule has 2 aromatic heterocycles. The van der Waals surface area contributed by atoms with E-state index in [-0.39, 0.29) is 17.6 Å². The molecular weight excluding hydrogens is 370 g/mol. The monoisotopic (exact) mass is 393 g/mol. The van der Waals surface area contributed by atoms with Gasteiger partial charge in [0.15, 0.2) is 5.78 Å². The zero-order valence-electron chi connectivity index (χ0n) is 16.2. The van der Waals surface area contributed by atoms with Crippen LogP contribution in [-0.4, -0.2) is 16.7 Å². The van der Waals surface area contributed by atoms with E-state index in [0.717, 1.165) is 34.0 Å². The Morgan fingerprint density at radius 1 is 1.21 bits per heavy atom. The van der Waals surface area contributed by atoms with Crippen LogP contribution in [0.15, 0.2) is 58.3 Å². The summed E-state index contributed by atoms with van der Waals surface area (Å²) in [6, 6.07) is 9.49. The minimum atomic E-state index is -0.332. The molecule has 0 saturated carbocycles. The highest BCUT2D eigenvalue weighted by molar-refractivity contribution is 7.10. The molecule has 0 spiro atoms. The highest BCUT2D eigenvalue weighted by Gasteiger charge is 2.40. The second-order valence-corrected chi connectivity index (χ2v) is 8.54. The number of nitrogens with one attached hydrogen (secondary N) is 2. The standard InChI is InChI=1S/C22H23N3O2S/c1-12-10-15-20(16(26)11-12)21(17-7-5-9-28-17)19(14(3)24-15)22(27)25-18-8-4-6-13(2)23-18/h4-9,12,21,24H,10-11H2,1-3H3,(H,23,25,27). The van der Waals surface area contributed by atoms with Crippen LogP contribution in [0.4, 0.5) is 5.82 Å². The summed E-state index contributed by atoms with van der Waals surface area (Å²) in [7, 11) is 0. The van der Waals surface area contributed by atoms with Gasteiger partial charge in [-0.25, -0.2) is 4.98 Å². The molecule has 0 radical (unpaired) electrons. The third-order valence-electron chi connectivity index (χ3n) is 5.23. The van der Waals surface area contributed by atoms with Crippen molar-refractivity contribution >= 4 is 28.8 Å². The lowest BCUT2D eigenvalue weighted by molar-refractivity contribution is -0.117. The van der Waals surface area contributed by atoms with E-state index in [4.69, 9.17) is 0 Å². The molecule has 2 N–H and O–H groups in total. The first-order chi connectivity index (χ1) is 13.4. The van der Waals surface area contributed by atoms with Crippen molar-refractivity contribution in [3.63, 3.8) is 0 Å². The molecule has 0 saturated heterocycles. The van der Waals surface area contributed by atoms with Crippen LogP contribution in [0.2, 0.25) is 0 Å². The molecule has 0 bridgehead atoms. The summed E-state index contributed by atoms with van der Waals surface area (Å²) in [6.45, 7) is 5.89. The lowest BCUT2D eigenvalue weighted by Gasteiger charge is -2.35. The lowest BCUT2D eigenvalue weighted by Crippen LogP contribution is -2.36. The Morgan fingerprint density at radius 3 is 2.75 bits per heavy atom. The van der Waals surface area contributed by atoms with Gasteiger partial charge in [0.25, 0.3) is 5.91 Å². The van der Waals surface area contributed by atoms with Crippen LogP contribution >= 0.6 is 11.3 Å². The number of anilines is 1. The van der Waals surface area contributed by atoms with E-state index in [9.17, 15) is 9.59 Å². The SMILES string of the molecule is CC1=C(C(=O)Nc2cccc(C)n2)C(c2cccs2)C2=C(CC(C)CC2=O)N1. The molecule has 1 aliphatic carbocycles. The first kappa shape index (κ1) is 18.6. The van der Waals surface area contributed by atoms with Crippen molar-refractivity contribution in [3.05, 3.63) is 68.8 Å². The lowest BCUT2D eigenvalue weighted by atomic mass is 9.75. The van der Waals surface area contributed by atoms with Crippen LogP contribution in [0.1, 0.15) is 43.2 Å². The number of aromatic nitrogens is 1. The van der Waals surface area contributed by atoms with Gasteiger partial charge in [-0.05, 0) is 49.8 Å². The number of thiophene rings is 1. The highest BCUT2D eigenvalue weighted by Crippen LogP contribution is 2.44. The topological polar surface area (TPSA) is 71.1 Å². The summed E-state index contributed by atoms with van der Waals surface area (Å²) in [5, 5.41) is 8.26. The van der Waals surface area contributed by atoms with Gasteiger partial charge in [0.1, 0.15) is 5.82 Å². The van der Waals surface area contributed by atoms with E-state index in [2.05, 4.69) is 22.5 Å². The van der Waals surface area contributed by atoms with Crippen molar-refractivity contribution in [2.45, 2.75) is 39.5 Å². The zero-order valence-corrected chi connectivity index (χ0v) is 17.0. The largest absolute Gasteiger partial charge is 0.362 e. The normalized spacial score (nSPS) is 22.0. The predicted molar refractivity (Wildman–Crippen MR) is 111 cm³/mol. The van der Waals surface area contributed by atoms with Crippen LogP contribution in [0.3, 0.4) is 0 Å². The molecule has 5 nitrogen and oxygen atoms in total. The number of hydrogen-bond donors (Lipinski definition) is 2. The quantitative estimate of drug-likeness (QED) is 0.815. The summed E-state index contributed by atoms with van der Waals surface area (Å²) in [5.41, 5.74) is 3.93. The van der Waals surface area contributed by atoms with Crippen LogP contribution in [0.25, 0.3) is 0 Å². The molecule has 1 amide bonds. The Hall–Kier alpha value is -2.73. The van der Waals surface area contributed by atoms with Crippen LogP contribution in [-0.2, 0) is 9.59 Å². The summed E-state index contributed by atoms with van der Waals surface area (Å²) >= 11 is 1.58. The van der Waals surface area contributed by atoms with Crippen molar-refractivity contribution in [2.24, 2.45) is 5.92 Å². The van der Waals surface area contributed by atoms with Gasteiger partial charge in [0.2, 0.25) is 0 Å². The molecule has 144 valence electrons. The number of rotatable bonds is 3. The summed E-state index contributed by atoms with van der Waals surface area (Å²) < 4.78 is 0. The van der Waals surface area contributed by atoms with Crippen molar-refractivity contribution in [1.82, 2.24) is 10.3 Å². The maximum absolute atomic E-state index is 13.3. The van der Waals surface area contributed by atoms with E-state index in [1.807, 2.05) is 43.5 Å². The van der Waals surface area contributed by atoms with E-state index >= 15 is 0 Å². The zero-order chi connectivity index (χ0) is 19.8. The number of nitrogens with zero attached hydrogens (tertiary/aromatic N) is 1. The number of carbonyl (C=O) groups is 2. The Labute approximate surface area is 168 Å². The average molecular weight is 394 g/mol. The number of Topliss-reactive ketones (excluding diaryl/α,β-unsaturated/α-hetero) is 1. The first-order valence-electron chi connectivity index (χ1n) is 9.46. The molecule has 6 heteroatoms. The van der Waals surface area contributed by atoms with E-state index < -0.39 is 0 Å². The minimum Gasteiger partial charge on any atom is -0.362 e. The second kappa shape index (κ2) is 7.36. The van der Waals surface area contributed by atoms with Gasteiger partial charge in [-0.3, -0.25) is 9.59 Å². The van der Waals surface area contributed by atoms with Gasteiger partial charge < -0.3 is 10.6 Å². The maximum atomic E-state index is 13.3. The van der Waals surface area contributed by atoms with Crippen LogP contribution in [0.5, 0.6) is 0 Å². The van der Waals surface area contributed by atoms with Gasteiger partial charge in [-0.1, -0.05) is 19.1 Å². The van der Waals surface area contributed by atoms with Crippen molar-refractivity contribution in [2.75, 3.05) is 5.32 Å². The van der Waals surface area contributed by atoms with Gasteiger partial charge in [0, 0.05) is 39.5 Å². The Morgan fingerprint density at radius 2 is 2.04 bits per heavy atom. The summed E-state index contributed by atoms with van der Waals surface area (Å²) in [4.78, 5) is 31.6. The number of amides is 1. The number of pyridine rings is 1. The minimum absolute atomic E-state index is 0.131. The van der Waals surface area contributed by atoms with Crippen molar-refractivity contribution in [1.29, 1.82) is 0 Å². The smallest absolute Gasteiger partial charge is 0.255 e. The highest BCUT2D eigenvalue weighted by atomic mass is 32.1. The molecule has 2 aromatic rings. The molecule has 2 atom stereocenters. The predicted octanol–water partition coefficient (Wildman–Crippen LogP) is 4.30. The molecule has 28 heavy (non-hydrogen) atoms. The molecule has 3 heterocycles. The fraction of sp³-hybridized carbons (Fsp3) is 0.318. The third-order valence-corrected chi connectivity index (χ3v) is 6.17. The number of ketones is 1. The number of dihydropyridines is 1. The Kier molecular flexibility index (Phi) is 4.89. The molecule has 4 rings (SSSR count). The van der Waals surface area contributed by atoms with Gasteiger partial charge in [-0.2, -0.15) is 0 Å². The summed E-state index contributed by atoms with van der Waals surface area (Å²) in [6.07, 6.45) is 1.35. The van der Waals surface area contributed by atoms with Crippen molar-refractivity contribution < 1.29 is 9.59 Å². The van der Waals surface area contributed by atoms with E-state index in [1.165, 1.54) is 0 Å².